The minimum absolute atomic E-state index is 0. The molecule has 0 aliphatic carbocycles. The Labute approximate surface area is 42.8 Å². The molecule has 0 unspecified atom stereocenters. The van der Waals surface area contributed by atoms with Crippen LogP contribution in [0.15, 0.2) is 0 Å². The summed E-state index contributed by atoms with van der Waals surface area (Å²) in [7, 11) is 0. The van der Waals surface area contributed by atoms with Crippen molar-refractivity contribution >= 4 is 0 Å². The van der Waals surface area contributed by atoms with Crippen LogP contribution < -0.4 is 24.6 Å². The van der Waals surface area contributed by atoms with Crippen LogP contribution in [0.4, 0.5) is 0 Å². The average molecular weight is 108 g/mol. The summed E-state index contributed by atoms with van der Waals surface area (Å²) in [5.74, 6) is 0. The van der Waals surface area contributed by atoms with E-state index < -0.39 is 0 Å². The van der Waals surface area contributed by atoms with Crippen LogP contribution in [-0.2, 0) is 17.4 Å². The van der Waals surface area contributed by atoms with Crippen molar-refractivity contribution in [1.82, 2.24) is 24.6 Å². The number of nitrogens with zero attached hydrogens (tertiary/aromatic N) is 4. The molecule has 0 heterocycles. The van der Waals surface area contributed by atoms with Crippen LogP contribution in [0.3, 0.4) is 0 Å². The van der Waals surface area contributed by atoms with Crippen molar-refractivity contribution in [2.24, 2.45) is 0 Å². The largest absolute Gasteiger partial charge is 0 e. The molecule has 0 aromatic carbocycles. The van der Waals surface area contributed by atoms with Crippen molar-refractivity contribution in [3.63, 3.8) is 0 Å². The van der Waals surface area contributed by atoms with E-state index in [1.807, 2.05) is 0 Å². The first-order chi connectivity index (χ1) is 0. The number of rotatable bonds is 0. The molecular formula is CrN4. The number of hydrogen-bond acceptors (Lipinski definition) is 0. The minimum atomic E-state index is 0. The molecule has 0 N–H and O–H groups in total. The van der Waals surface area contributed by atoms with Crippen molar-refractivity contribution in [2.45, 2.75) is 0 Å². The first-order valence-corrected chi connectivity index (χ1v) is 0. The van der Waals surface area contributed by atoms with Gasteiger partial charge in [-0.25, -0.2) is 0 Å². The molecule has 5 heavy (non-hydrogen) atoms. The molecule has 12 radical (unpaired) electrons. The van der Waals surface area contributed by atoms with Crippen LogP contribution in [0, 0.1) is 0 Å². The maximum absolute atomic E-state index is 0. The molecule has 0 bridgehead atoms. The van der Waals surface area contributed by atoms with Crippen LogP contribution in [0.5, 0.6) is 0 Å². The molecule has 0 saturated heterocycles. The molecule has 0 aromatic heterocycles. The average Bonchev–Trinajstić information content (AvgIpc) is 0. The Morgan fingerprint density at radius 3 is 0.400 bits per heavy atom. The minimum Gasteiger partial charge on any atom is 0 e. The van der Waals surface area contributed by atoms with E-state index in [-0.39, 0.29) is 42.0 Å². The van der Waals surface area contributed by atoms with Gasteiger partial charge in [-0.2, -0.15) is 0 Å². The van der Waals surface area contributed by atoms with Gasteiger partial charge in [-0.05, 0) is 0 Å². The molecule has 0 saturated carbocycles. The zero-order chi connectivity index (χ0) is 0. The summed E-state index contributed by atoms with van der Waals surface area (Å²) in [5.41, 5.74) is 0. The standard InChI is InChI=1S/Cr.4N. The second-order valence-corrected chi connectivity index (χ2v) is 0. The smallest absolute Gasteiger partial charge is 0 e. The van der Waals surface area contributed by atoms with Gasteiger partial charge in [0.15, 0.2) is 0 Å². The van der Waals surface area contributed by atoms with E-state index in [2.05, 4.69) is 0 Å². The Hall–Kier alpha value is 0.372. The van der Waals surface area contributed by atoms with Gasteiger partial charge in [-0.1, -0.05) is 0 Å². The molecular weight excluding hydrogens is 108 g/mol. The van der Waals surface area contributed by atoms with Crippen LogP contribution in [0.1, 0.15) is 0 Å². The van der Waals surface area contributed by atoms with Crippen molar-refractivity contribution in [3.8, 4) is 0 Å². The van der Waals surface area contributed by atoms with Crippen LogP contribution >= 0.6 is 0 Å². The summed E-state index contributed by atoms with van der Waals surface area (Å²) < 4.78 is 0. The van der Waals surface area contributed by atoms with Crippen LogP contribution in [0.25, 0.3) is 0 Å². The molecule has 0 fully saturated rings. The van der Waals surface area contributed by atoms with Gasteiger partial charge in [0.05, 0.1) is 0 Å². The van der Waals surface area contributed by atoms with Crippen LogP contribution in [0.2, 0.25) is 0 Å². The maximum atomic E-state index is 0. The summed E-state index contributed by atoms with van der Waals surface area (Å²) in [6.45, 7) is 0. The summed E-state index contributed by atoms with van der Waals surface area (Å²) in [5, 5.41) is 0. The molecule has 4 nitrogen and oxygen atoms in total. The Bertz CT molecular complexity index is 3.61. The fraction of sp³-hybridized carbons (Fsp3) is 0. The molecule has 0 rings (SSSR count). The second-order valence-electron chi connectivity index (χ2n) is 0. The topological polar surface area (TPSA) is 122 Å². The normalized spacial score (nSPS) is 0. The SMILES string of the molecule is [Cr].[N].[N].[N].[N]. The van der Waals surface area contributed by atoms with E-state index in [1.54, 1.807) is 0 Å². The molecule has 5 heteroatoms. The Balaban J connectivity index is 0. The van der Waals surface area contributed by atoms with E-state index in [1.165, 1.54) is 0 Å². The fourth-order valence-corrected chi connectivity index (χ4v) is 0. The zero-order valence-corrected chi connectivity index (χ0v) is 3.47. The van der Waals surface area contributed by atoms with E-state index in [0.29, 0.717) is 0 Å². The number of hydrogen-bond donors (Lipinski definition) is 0. The van der Waals surface area contributed by atoms with Gasteiger partial charge >= 0.3 is 0 Å². The third-order valence-electron chi connectivity index (χ3n) is 0. The summed E-state index contributed by atoms with van der Waals surface area (Å²) in [4.78, 5) is 0. The van der Waals surface area contributed by atoms with Crippen molar-refractivity contribution in [2.75, 3.05) is 0 Å². The van der Waals surface area contributed by atoms with E-state index in [0.717, 1.165) is 0 Å². The first-order valence-electron chi connectivity index (χ1n) is 0. The fourth-order valence-electron chi connectivity index (χ4n) is 0. The summed E-state index contributed by atoms with van der Waals surface area (Å²) in [6, 6.07) is 0. The van der Waals surface area contributed by atoms with Crippen molar-refractivity contribution < 1.29 is 17.4 Å². The Morgan fingerprint density at radius 2 is 0.400 bits per heavy atom. The molecule has 0 aromatic rings. The Kier molecular flexibility index (Phi) is 53100. The predicted octanol–water partition coefficient (Wildman–Crippen LogP) is -1.92. The van der Waals surface area contributed by atoms with E-state index >= 15 is 0 Å². The second kappa shape index (κ2) is 358. The quantitative estimate of drug-likeness (QED) is 0.343. The summed E-state index contributed by atoms with van der Waals surface area (Å²) in [6.07, 6.45) is 0. The third kappa shape index (κ3) is 177. The Morgan fingerprint density at radius 1 is 0.400 bits per heavy atom. The molecule has 0 aliphatic rings. The van der Waals surface area contributed by atoms with Gasteiger partial charge in [0.25, 0.3) is 0 Å². The molecule has 0 spiro atoms. The maximum Gasteiger partial charge on any atom is 0 e. The molecule has 0 atom stereocenters. The first kappa shape index (κ1) is 740. The third-order valence-corrected chi connectivity index (χ3v) is 0. The molecule has 0 aliphatic heterocycles. The van der Waals surface area contributed by atoms with Gasteiger partial charge in [-0.3, -0.25) is 0 Å². The summed E-state index contributed by atoms with van der Waals surface area (Å²) >= 11 is 0. The molecule has 26 valence electrons. The van der Waals surface area contributed by atoms with Crippen molar-refractivity contribution in [1.29, 1.82) is 0 Å². The van der Waals surface area contributed by atoms with Crippen molar-refractivity contribution in [3.05, 3.63) is 0 Å². The zero-order valence-electron chi connectivity index (χ0n) is 2.20. The van der Waals surface area contributed by atoms with Gasteiger partial charge in [0.1, 0.15) is 0 Å². The predicted molar refractivity (Wildman–Crippen MR) is 8.54 cm³/mol. The van der Waals surface area contributed by atoms with Gasteiger partial charge in [-0.15, -0.1) is 0 Å². The van der Waals surface area contributed by atoms with Gasteiger partial charge in [0.2, 0.25) is 0 Å². The van der Waals surface area contributed by atoms with E-state index in [9.17, 15) is 0 Å². The van der Waals surface area contributed by atoms with E-state index in [4.69, 9.17) is 0 Å². The molecule has 0 amide bonds. The monoisotopic (exact) mass is 108 g/mol. The van der Waals surface area contributed by atoms with Gasteiger partial charge < -0.3 is 0 Å². The van der Waals surface area contributed by atoms with Crippen LogP contribution in [-0.4, -0.2) is 0 Å². The van der Waals surface area contributed by atoms with Gasteiger partial charge in [0, 0.05) is 42.0 Å².